The highest BCUT2D eigenvalue weighted by Crippen LogP contribution is 2.39. The molecule has 1 N–H and O–H groups in total. The number of hydrogen-bond donors (Lipinski definition) is 1. The van der Waals surface area contributed by atoms with E-state index in [9.17, 15) is 9.59 Å². The number of aryl methyl sites for hydroxylation is 2. The van der Waals surface area contributed by atoms with Crippen LogP contribution in [-0.2, 0) is 13.5 Å². The summed E-state index contributed by atoms with van der Waals surface area (Å²) in [6.07, 6.45) is 5.61. The van der Waals surface area contributed by atoms with E-state index in [1.807, 2.05) is 6.92 Å². The largest absolute Gasteiger partial charge is 0.339 e. The van der Waals surface area contributed by atoms with Crippen molar-refractivity contribution in [3.05, 3.63) is 48.5 Å². The third kappa shape index (κ3) is 2.95. The maximum atomic E-state index is 11.9. The summed E-state index contributed by atoms with van der Waals surface area (Å²) in [6, 6.07) is 0. The second-order valence-electron chi connectivity index (χ2n) is 6.29. The van der Waals surface area contributed by atoms with Crippen molar-refractivity contribution in [1.29, 1.82) is 0 Å². The SMILES string of the molecule is Cc1nc(C2CCC2)sc1Cc1nc(-c2cn(C)c(=O)[nH]c2=O)no1. The third-order valence-corrected chi connectivity index (χ3v) is 5.81. The summed E-state index contributed by atoms with van der Waals surface area (Å²) >= 11 is 1.70. The molecule has 0 bridgehead atoms. The van der Waals surface area contributed by atoms with Gasteiger partial charge in [0.25, 0.3) is 5.56 Å². The Balaban J connectivity index is 1.60. The lowest BCUT2D eigenvalue weighted by Gasteiger charge is -2.22. The molecule has 0 saturated heterocycles. The molecule has 3 aromatic rings. The maximum absolute atomic E-state index is 11.9. The molecule has 1 saturated carbocycles. The number of nitrogens with zero attached hydrogens (tertiary/aromatic N) is 4. The van der Waals surface area contributed by atoms with Crippen molar-refractivity contribution in [3.8, 4) is 11.4 Å². The minimum atomic E-state index is -0.531. The van der Waals surface area contributed by atoms with Gasteiger partial charge >= 0.3 is 5.69 Å². The number of nitrogens with one attached hydrogen (secondary N) is 1. The van der Waals surface area contributed by atoms with Gasteiger partial charge in [0, 0.05) is 24.0 Å². The van der Waals surface area contributed by atoms with Gasteiger partial charge in [-0.3, -0.25) is 9.78 Å². The first kappa shape index (κ1) is 15.9. The molecule has 0 aromatic carbocycles. The standard InChI is InChI=1S/C16H17N5O3S/c1-8-11(25-15(17-8)9-4-3-5-9)6-12-18-13(20-24-12)10-7-21(2)16(23)19-14(10)22/h7,9H,3-6H2,1-2H3,(H,19,22,23). The lowest BCUT2D eigenvalue weighted by Crippen LogP contribution is -2.28. The average molecular weight is 359 g/mol. The number of rotatable bonds is 4. The predicted octanol–water partition coefficient (Wildman–Crippen LogP) is 1.75. The van der Waals surface area contributed by atoms with Crippen LogP contribution in [0.1, 0.15) is 46.6 Å². The molecule has 9 heteroatoms. The third-order valence-electron chi connectivity index (χ3n) is 4.49. The highest BCUT2D eigenvalue weighted by Gasteiger charge is 2.24. The lowest BCUT2D eigenvalue weighted by atomic mass is 9.86. The monoisotopic (exact) mass is 359 g/mol. The van der Waals surface area contributed by atoms with E-state index < -0.39 is 11.2 Å². The molecular formula is C16H17N5O3S. The predicted molar refractivity (Wildman–Crippen MR) is 91.8 cm³/mol. The van der Waals surface area contributed by atoms with E-state index >= 15 is 0 Å². The lowest BCUT2D eigenvalue weighted by molar-refractivity contribution is 0.386. The molecule has 1 aliphatic rings. The van der Waals surface area contributed by atoms with Crippen LogP contribution >= 0.6 is 11.3 Å². The fourth-order valence-electron chi connectivity index (χ4n) is 2.74. The molecule has 8 nitrogen and oxygen atoms in total. The van der Waals surface area contributed by atoms with E-state index in [1.165, 1.54) is 35.0 Å². The van der Waals surface area contributed by atoms with Crippen molar-refractivity contribution < 1.29 is 4.52 Å². The Hall–Kier alpha value is -2.55. The Morgan fingerprint density at radius 2 is 2.16 bits per heavy atom. The van der Waals surface area contributed by atoms with E-state index in [-0.39, 0.29) is 11.4 Å². The molecule has 1 aliphatic carbocycles. The van der Waals surface area contributed by atoms with Crippen LogP contribution < -0.4 is 11.2 Å². The molecule has 1 fully saturated rings. The van der Waals surface area contributed by atoms with Crippen LogP contribution in [-0.4, -0.2) is 24.7 Å². The summed E-state index contributed by atoms with van der Waals surface area (Å²) in [5, 5.41) is 5.06. The molecular weight excluding hydrogens is 342 g/mol. The summed E-state index contributed by atoms with van der Waals surface area (Å²) in [5.74, 6) is 1.20. The van der Waals surface area contributed by atoms with Crippen LogP contribution in [0, 0.1) is 6.92 Å². The quantitative estimate of drug-likeness (QED) is 0.760. The van der Waals surface area contributed by atoms with Gasteiger partial charge in [0.2, 0.25) is 11.7 Å². The fraction of sp³-hybridized carbons (Fsp3) is 0.438. The summed E-state index contributed by atoms with van der Waals surface area (Å²) in [7, 11) is 1.55. The first-order chi connectivity index (χ1) is 12.0. The van der Waals surface area contributed by atoms with Gasteiger partial charge in [-0.25, -0.2) is 9.78 Å². The Morgan fingerprint density at radius 1 is 1.36 bits per heavy atom. The molecule has 130 valence electrons. The number of aromatic amines is 1. The average Bonchev–Trinajstić information content (AvgIpc) is 3.09. The Kier molecular flexibility index (Phi) is 3.87. The zero-order valence-corrected chi connectivity index (χ0v) is 14.7. The number of H-pyrrole nitrogens is 1. The zero-order chi connectivity index (χ0) is 17.6. The van der Waals surface area contributed by atoms with E-state index in [2.05, 4.69) is 20.1 Å². The highest BCUT2D eigenvalue weighted by molar-refractivity contribution is 7.11. The molecule has 3 heterocycles. The molecule has 25 heavy (non-hydrogen) atoms. The second kappa shape index (κ2) is 6.07. The van der Waals surface area contributed by atoms with Crippen LogP contribution in [0.15, 0.2) is 20.3 Å². The Bertz CT molecular complexity index is 1040. The molecule has 0 radical (unpaired) electrons. The molecule has 0 amide bonds. The van der Waals surface area contributed by atoms with E-state index in [0.29, 0.717) is 18.2 Å². The van der Waals surface area contributed by atoms with Gasteiger partial charge in [-0.05, 0) is 19.8 Å². The van der Waals surface area contributed by atoms with Gasteiger partial charge in [-0.15, -0.1) is 11.3 Å². The van der Waals surface area contributed by atoms with Crippen LogP contribution in [0.4, 0.5) is 0 Å². The van der Waals surface area contributed by atoms with E-state index in [1.54, 1.807) is 18.4 Å². The van der Waals surface area contributed by atoms with Crippen LogP contribution in [0.5, 0.6) is 0 Å². The summed E-state index contributed by atoms with van der Waals surface area (Å²) < 4.78 is 6.56. The van der Waals surface area contributed by atoms with Crippen molar-refractivity contribution in [2.45, 2.75) is 38.5 Å². The Morgan fingerprint density at radius 3 is 2.88 bits per heavy atom. The minimum absolute atomic E-state index is 0.174. The maximum Gasteiger partial charge on any atom is 0.328 e. The first-order valence-corrected chi connectivity index (χ1v) is 8.92. The van der Waals surface area contributed by atoms with Crippen molar-refractivity contribution in [1.82, 2.24) is 24.7 Å². The van der Waals surface area contributed by atoms with Crippen LogP contribution in [0.2, 0.25) is 0 Å². The smallest absolute Gasteiger partial charge is 0.328 e. The molecule has 4 rings (SSSR count). The van der Waals surface area contributed by atoms with Gasteiger partial charge in [0.05, 0.1) is 17.1 Å². The molecule has 3 aromatic heterocycles. The number of aromatic nitrogens is 5. The van der Waals surface area contributed by atoms with Gasteiger partial charge in [0.15, 0.2) is 0 Å². The summed E-state index contributed by atoms with van der Waals surface area (Å²) in [4.78, 5) is 35.7. The molecule has 0 aliphatic heterocycles. The van der Waals surface area contributed by atoms with Crippen molar-refractivity contribution >= 4 is 11.3 Å². The molecule has 0 unspecified atom stereocenters. The summed E-state index contributed by atoms with van der Waals surface area (Å²) in [5.41, 5.74) is 0.179. The van der Waals surface area contributed by atoms with Gasteiger partial charge < -0.3 is 9.09 Å². The van der Waals surface area contributed by atoms with E-state index in [4.69, 9.17) is 4.52 Å². The number of hydrogen-bond acceptors (Lipinski definition) is 7. The summed E-state index contributed by atoms with van der Waals surface area (Å²) in [6.45, 7) is 1.99. The second-order valence-corrected chi connectivity index (χ2v) is 7.41. The zero-order valence-electron chi connectivity index (χ0n) is 13.9. The van der Waals surface area contributed by atoms with Crippen molar-refractivity contribution in [2.75, 3.05) is 0 Å². The number of thiazole rings is 1. The van der Waals surface area contributed by atoms with Gasteiger partial charge in [-0.2, -0.15) is 4.98 Å². The van der Waals surface area contributed by atoms with Crippen molar-refractivity contribution in [3.63, 3.8) is 0 Å². The van der Waals surface area contributed by atoms with Gasteiger partial charge in [-0.1, -0.05) is 11.6 Å². The fourth-order valence-corrected chi connectivity index (χ4v) is 3.97. The topological polar surface area (TPSA) is 107 Å². The van der Waals surface area contributed by atoms with E-state index in [0.717, 1.165) is 10.6 Å². The van der Waals surface area contributed by atoms with Crippen molar-refractivity contribution in [2.24, 2.45) is 7.05 Å². The first-order valence-electron chi connectivity index (χ1n) is 8.10. The van der Waals surface area contributed by atoms with Gasteiger partial charge in [0.1, 0.15) is 5.56 Å². The van der Waals surface area contributed by atoms with Crippen LogP contribution in [0.3, 0.4) is 0 Å². The normalized spacial score (nSPS) is 14.6. The highest BCUT2D eigenvalue weighted by atomic mass is 32.1. The van der Waals surface area contributed by atoms with Crippen LogP contribution in [0.25, 0.3) is 11.4 Å². The molecule has 0 spiro atoms. The minimum Gasteiger partial charge on any atom is -0.339 e. The molecule has 0 atom stereocenters. The Labute approximate surface area is 146 Å².